The van der Waals surface area contributed by atoms with Gasteiger partial charge in [-0.25, -0.2) is 0 Å². The number of aliphatic imine (C=N–C) groups is 1. The molecular formula is C20H36N2O. The van der Waals surface area contributed by atoms with Crippen LogP contribution in [-0.4, -0.2) is 17.2 Å². The minimum absolute atomic E-state index is 0.226. The molecule has 23 heavy (non-hydrogen) atoms. The molecule has 2 aliphatic carbocycles. The summed E-state index contributed by atoms with van der Waals surface area (Å²) < 4.78 is 0. The molecule has 2 saturated carbocycles. The lowest BCUT2D eigenvalue weighted by atomic mass is 9.74. The molecule has 3 heteroatoms. The van der Waals surface area contributed by atoms with Crippen molar-refractivity contribution >= 4 is 11.6 Å². The smallest absolute Gasteiger partial charge is 0.157 e. The number of hydrogen-bond donors (Lipinski definition) is 1. The Balaban J connectivity index is 2.07. The van der Waals surface area contributed by atoms with E-state index in [-0.39, 0.29) is 5.78 Å². The van der Waals surface area contributed by atoms with Crippen molar-refractivity contribution in [2.24, 2.45) is 22.6 Å². The van der Waals surface area contributed by atoms with Crippen LogP contribution < -0.4 is 5.73 Å². The molecule has 0 aliphatic heterocycles. The summed E-state index contributed by atoms with van der Waals surface area (Å²) in [6.45, 7) is 3.56. The number of Topliss-reactive ketones (excluding diaryl/α,β-unsaturated/α-hetero) is 1. The summed E-state index contributed by atoms with van der Waals surface area (Å²) in [5, 5.41) is 0. The summed E-state index contributed by atoms with van der Waals surface area (Å²) in [4.78, 5) is 17.3. The van der Waals surface area contributed by atoms with Gasteiger partial charge in [-0.1, -0.05) is 64.2 Å². The van der Waals surface area contributed by atoms with E-state index in [1.165, 1.54) is 64.2 Å². The van der Waals surface area contributed by atoms with Crippen molar-refractivity contribution in [3.63, 3.8) is 0 Å². The van der Waals surface area contributed by atoms with Crippen molar-refractivity contribution in [3.05, 3.63) is 0 Å². The monoisotopic (exact) mass is 320 g/mol. The van der Waals surface area contributed by atoms with Crippen LogP contribution in [0.15, 0.2) is 4.99 Å². The van der Waals surface area contributed by atoms with Crippen molar-refractivity contribution in [1.82, 2.24) is 0 Å². The molecule has 0 aromatic carbocycles. The van der Waals surface area contributed by atoms with E-state index in [1.54, 1.807) is 6.92 Å². The van der Waals surface area contributed by atoms with Gasteiger partial charge in [0, 0.05) is 0 Å². The molecule has 2 fully saturated rings. The summed E-state index contributed by atoms with van der Waals surface area (Å²) in [6, 6.07) is 0. The van der Waals surface area contributed by atoms with Crippen LogP contribution in [0.2, 0.25) is 0 Å². The van der Waals surface area contributed by atoms with Crippen LogP contribution in [0.25, 0.3) is 0 Å². The van der Waals surface area contributed by atoms with E-state index in [2.05, 4.69) is 0 Å². The number of carbonyl (C=O) groups excluding carboxylic acids is 1. The van der Waals surface area contributed by atoms with E-state index in [1.807, 2.05) is 6.92 Å². The third-order valence-electron chi connectivity index (χ3n) is 6.09. The molecule has 3 nitrogen and oxygen atoms in total. The van der Waals surface area contributed by atoms with Crippen LogP contribution >= 0.6 is 0 Å². The first-order chi connectivity index (χ1) is 11.0. The van der Waals surface area contributed by atoms with E-state index >= 15 is 0 Å². The molecule has 132 valence electrons. The largest absolute Gasteiger partial charge is 0.388 e. The highest BCUT2D eigenvalue weighted by atomic mass is 16.1. The average Bonchev–Trinajstić information content (AvgIpc) is 2.54. The Labute approximate surface area is 142 Å². The zero-order valence-electron chi connectivity index (χ0n) is 15.3. The first-order valence-electron chi connectivity index (χ1n) is 9.85. The highest BCUT2D eigenvalue weighted by Gasteiger charge is 2.38. The minimum Gasteiger partial charge on any atom is -0.388 e. The number of rotatable bonds is 7. The van der Waals surface area contributed by atoms with Crippen LogP contribution in [0, 0.1) is 11.8 Å². The molecular weight excluding hydrogens is 284 g/mol. The van der Waals surface area contributed by atoms with E-state index in [9.17, 15) is 4.79 Å². The van der Waals surface area contributed by atoms with Gasteiger partial charge in [0.15, 0.2) is 5.78 Å². The molecule has 0 radical (unpaired) electrons. The number of nitrogens with two attached hydrogens (primary N) is 1. The van der Waals surface area contributed by atoms with Gasteiger partial charge in [0.05, 0.1) is 5.84 Å². The molecule has 0 aromatic rings. The van der Waals surface area contributed by atoms with Gasteiger partial charge in [0.25, 0.3) is 0 Å². The fourth-order valence-electron chi connectivity index (χ4n) is 4.73. The molecule has 2 N–H and O–H groups in total. The highest BCUT2D eigenvalue weighted by Crippen LogP contribution is 2.38. The van der Waals surface area contributed by atoms with Crippen molar-refractivity contribution in [2.75, 3.05) is 0 Å². The molecule has 0 spiro atoms. The van der Waals surface area contributed by atoms with Gasteiger partial charge in [-0.05, 0) is 44.9 Å². The molecule has 1 atom stereocenters. The van der Waals surface area contributed by atoms with Crippen LogP contribution in [0.1, 0.15) is 97.3 Å². The lowest BCUT2D eigenvalue weighted by molar-refractivity contribution is -0.123. The highest BCUT2D eigenvalue weighted by molar-refractivity contribution is 5.90. The van der Waals surface area contributed by atoms with Crippen molar-refractivity contribution in [2.45, 2.75) is 103 Å². The fraction of sp³-hybridized carbons (Fsp3) is 0.900. The molecule has 2 rings (SSSR count). The topological polar surface area (TPSA) is 55.5 Å². The first kappa shape index (κ1) is 18.5. The summed E-state index contributed by atoms with van der Waals surface area (Å²) in [7, 11) is 0. The predicted octanol–water partition coefficient (Wildman–Crippen LogP) is 5.02. The zero-order valence-corrected chi connectivity index (χ0v) is 15.3. The molecule has 1 unspecified atom stereocenters. The first-order valence-corrected chi connectivity index (χ1v) is 9.85. The number of hydrogen-bond acceptors (Lipinski definition) is 2. The van der Waals surface area contributed by atoms with Gasteiger partial charge < -0.3 is 5.73 Å². The summed E-state index contributed by atoms with van der Waals surface area (Å²) in [5.74, 6) is 2.24. The van der Waals surface area contributed by atoms with E-state index in [0.29, 0.717) is 11.8 Å². The van der Waals surface area contributed by atoms with Gasteiger partial charge in [-0.15, -0.1) is 0 Å². The molecule has 0 amide bonds. The Morgan fingerprint density at radius 3 is 1.96 bits per heavy atom. The van der Waals surface area contributed by atoms with E-state index in [4.69, 9.17) is 10.7 Å². The summed E-state index contributed by atoms with van der Waals surface area (Å²) in [6.07, 6.45) is 16.2. The number of carbonyl (C=O) groups is 1. The van der Waals surface area contributed by atoms with E-state index in [0.717, 1.165) is 25.2 Å². The second-order valence-electron chi connectivity index (χ2n) is 8.09. The molecule has 2 aliphatic rings. The van der Waals surface area contributed by atoms with Crippen molar-refractivity contribution < 1.29 is 4.79 Å². The maximum Gasteiger partial charge on any atom is 0.157 e. The van der Waals surface area contributed by atoms with Gasteiger partial charge >= 0.3 is 0 Å². The van der Waals surface area contributed by atoms with Gasteiger partial charge in [-0.3, -0.25) is 9.79 Å². The molecule has 0 bridgehead atoms. The quantitative estimate of drug-likeness (QED) is 0.529. The maximum absolute atomic E-state index is 12.6. The lowest BCUT2D eigenvalue weighted by Gasteiger charge is -2.35. The minimum atomic E-state index is -0.543. The summed E-state index contributed by atoms with van der Waals surface area (Å²) in [5.41, 5.74) is 5.38. The standard InChI is InChI=1S/C20H36N2O/c1-16(23)20(22-17(2)21,15-19-11-7-4-8-12-19)14-13-18-9-5-3-6-10-18/h18-19H,3-15H2,1-2H3,(H2,21,22). The van der Waals surface area contributed by atoms with E-state index < -0.39 is 5.54 Å². The van der Waals surface area contributed by atoms with Crippen LogP contribution in [0.5, 0.6) is 0 Å². The second kappa shape index (κ2) is 8.84. The Kier molecular flexibility index (Phi) is 7.10. The van der Waals surface area contributed by atoms with Gasteiger partial charge in [0.1, 0.15) is 5.54 Å². The van der Waals surface area contributed by atoms with Crippen LogP contribution in [0.3, 0.4) is 0 Å². The van der Waals surface area contributed by atoms with Crippen molar-refractivity contribution in [3.8, 4) is 0 Å². The Morgan fingerprint density at radius 2 is 1.48 bits per heavy atom. The molecule has 0 saturated heterocycles. The summed E-state index contributed by atoms with van der Waals surface area (Å²) >= 11 is 0. The fourth-order valence-corrected chi connectivity index (χ4v) is 4.73. The Bertz CT molecular complexity index is 402. The third kappa shape index (κ3) is 5.61. The molecule has 0 aromatic heterocycles. The third-order valence-corrected chi connectivity index (χ3v) is 6.09. The predicted molar refractivity (Wildman–Crippen MR) is 97.7 cm³/mol. The number of ketones is 1. The molecule has 0 heterocycles. The van der Waals surface area contributed by atoms with Gasteiger partial charge in [0.2, 0.25) is 0 Å². The van der Waals surface area contributed by atoms with Crippen LogP contribution in [-0.2, 0) is 4.79 Å². The number of nitrogens with zero attached hydrogens (tertiary/aromatic N) is 1. The lowest BCUT2D eigenvalue weighted by Crippen LogP contribution is -2.40. The SMILES string of the molecule is CC(=O)C(CCC1CCCCC1)(CC1CCCCC1)N=C(C)N. The Hall–Kier alpha value is -0.860. The van der Waals surface area contributed by atoms with Crippen molar-refractivity contribution in [1.29, 1.82) is 0 Å². The zero-order chi connectivity index (χ0) is 16.7. The number of amidine groups is 1. The second-order valence-corrected chi connectivity index (χ2v) is 8.09. The van der Waals surface area contributed by atoms with Crippen LogP contribution in [0.4, 0.5) is 0 Å². The Morgan fingerprint density at radius 1 is 0.957 bits per heavy atom. The average molecular weight is 321 g/mol. The maximum atomic E-state index is 12.6. The normalized spacial score (nSPS) is 24.3. The van der Waals surface area contributed by atoms with Gasteiger partial charge in [-0.2, -0.15) is 0 Å².